The molecule has 1 aromatic heterocycles. The van der Waals surface area contributed by atoms with E-state index in [2.05, 4.69) is 17.3 Å². The maximum atomic E-state index is 12.9. The molecule has 6 heteroatoms. The van der Waals surface area contributed by atoms with Crippen LogP contribution in [0.3, 0.4) is 0 Å². The molecule has 6 nitrogen and oxygen atoms in total. The molecular formula is C23H25N3O3. The van der Waals surface area contributed by atoms with Crippen molar-refractivity contribution in [3.63, 3.8) is 0 Å². The van der Waals surface area contributed by atoms with Crippen molar-refractivity contribution >= 4 is 17.4 Å². The second-order valence-electron chi connectivity index (χ2n) is 6.77. The molecule has 0 aliphatic heterocycles. The lowest BCUT2D eigenvalue weighted by Gasteiger charge is -2.12. The van der Waals surface area contributed by atoms with Crippen LogP contribution in [-0.2, 0) is 4.79 Å². The minimum absolute atomic E-state index is 0.315. The number of amides is 1. The molecule has 2 aromatic carbocycles. The van der Waals surface area contributed by atoms with Crippen LogP contribution in [0.1, 0.15) is 41.5 Å². The lowest BCUT2D eigenvalue weighted by molar-refractivity contribution is -0.112. The molecule has 0 spiro atoms. The van der Waals surface area contributed by atoms with Crippen molar-refractivity contribution in [1.29, 1.82) is 0 Å². The van der Waals surface area contributed by atoms with Gasteiger partial charge in [-0.25, -0.2) is 4.68 Å². The number of hydrogen-bond acceptors (Lipinski definition) is 4. The Kier molecular flexibility index (Phi) is 6.44. The van der Waals surface area contributed by atoms with Gasteiger partial charge in [-0.2, -0.15) is 5.10 Å². The molecular weight excluding hydrogens is 366 g/mol. The van der Waals surface area contributed by atoms with E-state index in [9.17, 15) is 9.59 Å². The van der Waals surface area contributed by atoms with E-state index in [0.29, 0.717) is 35.0 Å². The Hall–Kier alpha value is -3.41. The number of nitrogens with one attached hydrogen (secondary N) is 1. The molecule has 0 saturated heterocycles. The van der Waals surface area contributed by atoms with Gasteiger partial charge in [-0.05, 0) is 44.5 Å². The van der Waals surface area contributed by atoms with Gasteiger partial charge >= 0.3 is 0 Å². The van der Waals surface area contributed by atoms with Crippen molar-refractivity contribution in [2.75, 3.05) is 11.9 Å². The summed E-state index contributed by atoms with van der Waals surface area (Å²) >= 11 is 0. The quantitative estimate of drug-likeness (QED) is 0.349. The monoisotopic (exact) mass is 391 g/mol. The van der Waals surface area contributed by atoms with E-state index in [0.717, 1.165) is 18.5 Å². The Labute approximate surface area is 170 Å². The molecule has 3 rings (SSSR count). The zero-order valence-corrected chi connectivity index (χ0v) is 16.9. The number of carbonyl (C=O) groups is 2. The minimum atomic E-state index is -0.713. The van der Waals surface area contributed by atoms with E-state index in [4.69, 9.17) is 4.74 Å². The van der Waals surface area contributed by atoms with Crippen molar-refractivity contribution in [3.8, 4) is 11.4 Å². The zero-order valence-electron chi connectivity index (χ0n) is 16.9. The van der Waals surface area contributed by atoms with Crippen LogP contribution in [0.5, 0.6) is 5.75 Å². The van der Waals surface area contributed by atoms with E-state index in [-0.39, 0.29) is 0 Å². The van der Waals surface area contributed by atoms with E-state index < -0.39 is 11.7 Å². The summed E-state index contributed by atoms with van der Waals surface area (Å²) in [6.45, 7) is 6.15. The molecule has 0 aliphatic carbocycles. The largest absolute Gasteiger partial charge is 0.491 e. The highest BCUT2D eigenvalue weighted by molar-refractivity contribution is 6.47. The summed E-state index contributed by atoms with van der Waals surface area (Å²) < 4.78 is 7.41. The highest BCUT2D eigenvalue weighted by atomic mass is 16.5. The Bertz CT molecular complexity index is 1010. The molecule has 1 N–H and O–H groups in total. The molecule has 0 saturated carbocycles. The number of benzene rings is 2. The van der Waals surface area contributed by atoms with E-state index in [1.54, 1.807) is 36.7 Å². The summed E-state index contributed by atoms with van der Waals surface area (Å²) in [7, 11) is 0. The van der Waals surface area contributed by atoms with Crippen LogP contribution >= 0.6 is 0 Å². The summed E-state index contributed by atoms with van der Waals surface area (Å²) in [5.74, 6) is -0.781. The third kappa shape index (κ3) is 4.54. The molecule has 150 valence electrons. The van der Waals surface area contributed by atoms with Crippen LogP contribution in [-0.4, -0.2) is 28.1 Å². The summed E-state index contributed by atoms with van der Waals surface area (Å²) in [4.78, 5) is 25.6. The summed E-state index contributed by atoms with van der Waals surface area (Å²) in [5.41, 5.74) is 2.77. The topological polar surface area (TPSA) is 73.2 Å². The van der Waals surface area contributed by atoms with E-state index in [1.165, 1.54) is 0 Å². The number of hydrogen-bond donors (Lipinski definition) is 1. The van der Waals surface area contributed by atoms with E-state index >= 15 is 0 Å². The average Bonchev–Trinajstić information content (AvgIpc) is 3.03. The number of unbranched alkanes of at least 4 members (excludes halogenated alkanes) is 1. The molecule has 0 unspecified atom stereocenters. The second kappa shape index (κ2) is 9.19. The number of Topliss-reactive ketones (excluding diaryl/α,β-unsaturated/α-hetero) is 1. The molecule has 0 atom stereocenters. The number of aryl methyl sites for hydroxylation is 1. The Morgan fingerprint density at radius 1 is 1.03 bits per heavy atom. The SMILES string of the molecule is CCCCOc1ccccc1NC(=O)C(=O)c1c(C)nn(-c2ccccc2)c1C. The van der Waals surface area contributed by atoms with Gasteiger partial charge in [0, 0.05) is 0 Å². The number of anilines is 1. The van der Waals surface area contributed by atoms with Crippen LogP contribution in [0.2, 0.25) is 0 Å². The van der Waals surface area contributed by atoms with Crippen molar-refractivity contribution in [3.05, 3.63) is 71.5 Å². The number of ether oxygens (including phenoxy) is 1. The fraction of sp³-hybridized carbons (Fsp3) is 0.261. The zero-order chi connectivity index (χ0) is 20.8. The van der Waals surface area contributed by atoms with Gasteiger partial charge in [0.1, 0.15) is 5.75 Å². The first-order chi connectivity index (χ1) is 14.0. The third-order valence-electron chi connectivity index (χ3n) is 4.62. The molecule has 0 radical (unpaired) electrons. The first-order valence-electron chi connectivity index (χ1n) is 9.72. The molecule has 1 heterocycles. The fourth-order valence-corrected chi connectivity index (χ4v) is 3.11. The number of nitrogens with zero attached hydrogens (tertiary/aromatic N) is 2. The van der Waals surface area contributed by atoms with Crippen molar-refractivity contribution in [2.24, 2.45) is 0 Å². The number of para-hydroxylation sites is 3. The smallest absolute Gasteiger partial charge is 0.297 e. The average molecular weight is 391 g/mol. The molecule has 0 fully saturated rings. The normalized spacial score (nSPS) is 10.6. The van der Waals surface area contributed by atoms with Crippen LogP contribution < -0.4 is 10.1 Å². The number of ketones is 1. The Morgan fingerprint density at radius 2 is 1.72 bits per heavy atom. The lowest BCUT2D eigenvalue weighted by Crippen LogP contribution is -2.24. The number of carbonyl (C=O) groups excluding carboxylic acids is 2. The summed E-state index contributed by atoms with van der Waals surface area (Å²) in [6.07, 6.45) is 1.93. The summed E-state index contributed by atoms with van der Waals surface area (Å²) in [6, 6.07) is 16.6. The van der Waals surface area contributed by atoms with Crippen LogP contribution in [0.25, 0.3) is 5.69 Å². The minimum Gasteiger partial charge on any atom is -0.491 e. The van der Waals surface area contributed by atoms with Crippen molar-refractivity contribution < 1.29 is 14.3 Å². The van der Waals surface area contributed by atoms with Crippen LogP contribution in [0.4, 0.5) is 5.69 Å². The molecule has 0 aliphatic rings. The van der Waals surface area contributed by atoms with Crippen molar-refractivity contribution in [2.45, 2.75) is 33.6 Å². The van der Waals surface area contributed by atoms with Crippen molar-refractivity contribution in [1.82, 2.24) is 9.78 Å². The lowest BCUT2D eigenvalue weighted by atomic mass is 10.1. The predicted octanol–water partition coefficient (Wildman–Crippen LogP) is 4.49. The summed E-state index contributed by atoms with van der Waals surface area (Å²) in [5, 5.41) is 7.14. The Balaban J connectivity index is 1.82. The number of aromatic nitrogens is 2. The predicted molar refractivity (Wildman–Crippen MR) is 113 cm³/mol. The van der Waals surface area contributed by atoms with Gasteiger partial charge in [0.05, 0.1) is 34.9 Å². The number of rotatable bonds is 8. The maximum Gasteiger partial charge on any atom is 0.297 e. The van der Waals surface area contributed by atoms with Gasteiger partial charge in [0.25, 0.3) is 11.7 Å². The molecule has 0 bridgehead atoms. The van der Waals surface area contributed by atoms with Gasteiger partial charge in [-0.15, -0.1) is 0 Å². The van der Waals surface area contributed by atoms with Gasteiger partial charge in [0.2, 0.25) is 0 Å². The van der Waals surface area contributed by atoms with E-state index in [1.807, 2.05) is 36.4 Å². The highest BCUT2D eigenvalue weighted by Gasteiger charge is 2.25. The standard InChI is InChI=1S/C23H25N3O3/c1-4-5-15-29-20-14-10-9-13-19(20)24-23(28)22(27)21-16(2)25-26(17(21)3)18-11-7-6-8-12-18/h6-14H,4-5,15H2,1-3H3,(H,24,28). The highest BCUT2D eigenvalue weighted by Crippen LogP contribution is 2.25. The van der Waals surface area contributed by atoms with Gasteiger partial charge in [-0.3, -0.25) is 9.59 Å². The first kappa shape index (κ1) is 20.3. The Morgan fingerprint density at radius 3 is 2.45 bits per heavy atom. The maximum absolute atomic E-state index is 12.9. The second-order valence-corrected chi connectivity index (χ2v) is 6.77. The van der Waals surface area contributed by atoms with Crippen LogP contribution in [0.15, 0.2) is 54.6 Å². The molecule has 1 amide bonds. The third-order valence-corrected chi connectivity index (χ3v) is 4.62. The van der Waals surface area contributed by atoms with Gasteiger partial charge in [0.15, 0.2) is 0 Å². The molecule has 29 heavy (non-hydrogen) atoms. The fourth-order valence-electron chi connectivity index (χ4n) is 3.11. The first-order valence-corrected chi connectivity index (χ1v) is 9.72. The van der Waals surface area contributed by atoms with Gasteiger partial charge < -0.3 is 10.1 Å². The van der Waals surface area contributed by atoms with Gasteiger partial charge in [-0.1, -0.05) is 43.7 Å². The molecule has 3 aromatic rings. The van der Waals surface area contributed by atoms with Crippen LogP contribution in [0, 0.1) is 13.8 Å².